The van der Waals surface area contributed by atoms with E-state index in [0.29, 0.717) is 5.75 Å². The molecule has 0 fully saturated rings. The Hall–Kier alpha value is -3.56. The van der Waals surface area contributed by atoms with Crippen LogP contribution in [0.2, 0.25) is 0 Å². The first kappa shape index (κ1) is 17.5. The molecule has 2 N–H and O–H groups in total. The molecular weight excluding hydrogens is 358 g/mol. The van der Waals surface area contributed by atoms with E-state index in [9.17, 15) is 0 Å². The van der Waals surface area contributed by atoms with Gasteiger partial charge in [0.2, 0.25) is 0 Å². The van der Waals surface area contributed by atoms with Gasteiger partial charge in [0.15, 0.2) is 0 Å². The fraction of sp³-hybridized carbons (Fsp3) is 0.0769. The molecule has 0 saturated carbocycles. The Morgan fingerprint density at radius 1 is 0.586 bits per heavy atom. The molecule has 3 nitrogen and oxygen atoms in total. The molecule has 0 aliphatic heterocycles. The standard InChI is InChI=1S/C26H21NO2/c1-28-20-14-10-18(11-15-20)26(19-12-16-21(29-27)17-13-19)24-8-4-2-6-22(24)23-7-3-5-9-25(23)26/h2-17H,27H2,1H3. The molecule has 3 heteroatoms. The van der Waals surface area contributed by atoms with Crippen molar-refractivity contribution in [2.75, 3.05) is 7.11 Å². The summed E-state index contributed by atoms with van der Waals surface area (Å²) in [7, 11) is 1.69. The molecule has 0 spiro atoms. The fourth-order valence-corrected chi connectivity index (χ4v) is 4.65. The summed E-state index contributed by atoms with van der Waals surface area (Å²) in [4.78, 5) is 4.92. The lowest BCUT2D eigenvalue weighted by atomic mass is 9.68. The molecule has 4 aromatic carbocycles. The van der Waals surface area contributed by atoms with Crippen LogP contribution in [0.15, 0.2) is 97.1 Å². The lowest BCUT2D eigenvalue weighted by molar-refractivity contribution is 0.334. The van der Waals surface area contributed by atoms with Crippen molar-refractivity contribution in [2.45, 2.75) is 5.41 Å². The van der Waals surface area contributed by atoms with Gasteiger partial charge in [-0.05, 0) is 57.6 Å². The zero-order valence-electron chi connectivity index (χ0n) is 16.1. The van der Waals surface area contributed by atoms with Crippen LogP contribution in [-0.4, -0.2) is 7.11 Å². The first-order valence-electron chi connectivity index (χ1n) is 9.60. The highest BCUT2D eigenvalue weighted by Crippen LogP contribution is 2.56. The molecule has 0 amide bonds. The van der Waals surface area contributed by atoms with Crippen LogP contribution in [0.25, 0.3) is 11.1 Å². The zero-order chi connectivity index (χ0) is 19.8. The first-order chi connectivity index (χ1) is 14.3. The fourth-order valence-electron chi connectivity index (χ4n) is 4.65. The van der Waals surface area contributed by atoms with Crippen LogP contribution in [0.5, 0.6) is 11.5 Å². The molecular formula is C26H21NO2. The Morgan fingerprint density at radius 2 is 1.03 bits per heavy atom. The van der Waals surface area contributed by atoms with E-state index in [4.69, 9.17) is 15.5 Å². The van der Waals surface area contributed by atoms with Crippen molar-refractivity contribution in [1.82, 2.24) is 0 Å². The predicted octanol–water partition coefficient (Wildman–Crippen LogP) is 5.31. The smallest absolute Gasteiger partial charge is 0.146 e. The lowest BCUT2D eigenvalue weighted by Gasteiger charge is -2.34. The van der Waals surface area contributed by atoms with Crippen molar-refractivity contribution in [1.29, 1.82) is 0 Å². The van der Waals surface area contributed by atoms with Gasteiger partial charge in [0.1, 0.15) is 11.5 Å². The molecule has 1 aliphatic rings. The maximum atomic E-state index is 5.41. The Balaban J connectivity index is 1.88. The highest BCUT2D eigenvalue weighted by Gasteiger charge is 2.45. The van der Waals surface area contributed by atoms with E-state index in [1.165, 1.54) is 33.4 Å². The van der Waals surface area contributed by atoms with E-state index in [-0.39, 0.29) is 0 Å². The number of benzene rings is 4. The van der Waals surface area contributed by atoms with Gasteiger partial charge in [0.05, 0.1) is 12.5 Å². The minimum atomic E-state index is -0.424. The van der Waals surface area contributed by atoms with E-state index < -0.39 is 5.41 Å². The molecule has 0 bridgehead atoms. The molecule has 0 unspecified atom stereocenters. The van der Waals surface area contributed by atoms with Crippen LogP contribution < -0.4 is 15.5 Å². The average molecular weight is 379 g/mol. The molecule has 0 aromatic heterocycles. The molecule has 0 radical (unpaired) electrons. The van der Waals surface area contributed by atoms with Crippen LogP contribution in [0.1, 0.15) is 22.3 Å². The zero-order valence-corrected chi connectivity index (χ0v) is 16.1. The van der Waals surface area contributed by atoms with Crippen molar-refractivity contribution in [3.63, 3.8) is 0 Å². The monoisotopic (exact) mass is 379 g/mol. The van der Waals surface area contributed by atoms with E-state index in [0.717, 1.165) is 5.75 Å². The van der Waals surface area contributed by atoms with E-state index in [1.54, 1.807) is 7.11 Å². The van der Waals surface area contributed by atoms with Gasteiger partial charge in [-0.3, -0.25) is 0 Å². The van der Waals surface area contributed by atoms with Gasteiger partial charge in [-0.2, -0.15) is 5.90 Å². The molecule has 29 heavy (non-hydrogen) atoms. The van der Waals surface area contributed by atoms with E-state index in [2.05, 4.69) is 72.8 Å². The summed E-state index contributed by atoms with van der Waals surface area (Å²) in [6.07, 6.45) is 0. The van der Waals surface area contributed by atoms with Gasteiger partial charge in [-0.1, -0.05) is 72.8 Å². The summed E-state index contributed by atoms with van der Waals surface area (Å²) in [5, 5.41) is 0. The quantitative estimate of drug-likeness (QED) is 0.430. The molecule has 0 heterocycles. The van der Waals surface area contributed by atoms with Gasteiger partial charge < -0.3 is 9.57 Å². The molecule has 4 aromatic rings. The summed E-state index contributed by atoms with van der Waals surface area (Å²) in [6, 6.07) is 33.7. The largest absolute Gasteiger partial charge is 0.497 e. The van der Waals surface area contributed by atoms with Crippen molar-refractivity contribution in [3.05, 3.63) is 119 Å². The van der Waals surface area contributed by atoms with Crippen LogP contribution in [0.3, 0.4) is 0 Å². The van der Waals surface area contributed by atoms with Gasteiger partial charge in [0.25, 0.3) is 0 Å². The normalized spacial score (nSPS) is 13.4. The number of fused-ring (bicyclic) bond motifs is 3. The summed E-state index contributed by atoms with van der Waals surface area (Å²) < 4.78 is 5.41. The van der Waals surface area contributed by atoms with Crippen molar-refractivity contribution < 1.29 is 9.57 Å². The van der Waals surface area contributed by atoms with Gasteiger partial charge >= 0.3 is 0 Å². The van der Waals surface area contributed by atoms with E-state index in [1.807, 2.05) is 24.3 Å². The number of hydrogen-bond acceptors (Lipinski definition) is 3. The summed E-state index contributed by atoms with van der Waals surface area (Å²) in [5.74, 6) is 6.85. The minimum absolute atomic E-state index is 0.424. The second-order valence-corrected chi connectivity index (χ2v) is 7.21. The highest BCUT2D eigenvalue weighted by molar-refractivity contribution is 5.86. The number of ether oxygens (including phenoxy) is 1. The second kappa shape index (κ2) is 6.80. The van der Waals surface area contributed by atoms with Crippen LogP contribution >= 0.6 is 0 Å². The molecule has 1 aliphatic carbocycles. The first-order valence-corrected chi connectivity index (χ1v) is 9.60. The Kier molecular flexibility index (Phi) is 4.11. The van der Waals surface area contributed by atoms with Crippen LogP contribution in [-0.2, 0) is 5.41 Å². The number of methoxy groups -OCH3 is 1. The summed E-state index contributed by atoms with van der Waals surface area (Å²) >= 11 is 0. The van der Waals surface area contributed by atoms with Crippen molar-refractivity contribution >= 4 is 0 Å². The minimum Gasteiger partial charge on any atom is -0.497 e. The summed E-state index contributed by atoms with van der Waals surface area (Å²) in [5.41, 5.74) is 7.00. The van der Waals surface area contributed by atoms with Crippen molar-refractivity contribution in [2.24, 2.45) is 5.90 Å². The second-order valence-electron chi connectivity index (χ2n) is 7.21. The van der Waals surface area contributed by atoms with Gasteiger partial charge in [0, 0.05) is 0 Å². The van der Waals surface area contributed by atoms with E-state index >= 15 is 0 Å². The molecule has 0 atom stereocenters. The number of nitrogens with two attached hydrogens (primary N) is 1. The topological polar surface area (TPSA) is 44.5 Å². The number of rotatable bonds is 4. The van der Waals surface area contributed by atoms with Gasteiger partial charge in [-0.15, -0.1) is 0 Å². The van der Waals surface area contributed by atoms with Crippen LogP contribution in [0, 0.1) is 0 Å². The lowest BCUT2D eigenvalue weighted by Crippen LogP contribution is -2.28. The van der Waals surface area contributed by atoms with Crippen LogP contribution in [0.4, 0.5) is 0 Å². The molecule has 0 saturated heterocycles. The predicted molar refractivity (Wildman–Crippen MR) is 115 cm³/mol. The maximum Gasteiger partial charge on any atom is 0.146 e. The highest BCUT2D eigenvalue weighted by atomic mass is 16.6. The number of hydrogen-bond donors (Lipinski definition) is 1. The molecule has 5 rings (SSSR count). The Labute approximate surface area is 170 Å². The Bertz CT molecular complexity index is 1070. The third-order valence-corrected chi connectivity index (χ3v) is 5.90. The third-order valence-electron chi connectivity index (χ3n) is 5.90. The SMILES string of the molecule is COc1ccc(C2(c3ccc(ON)cc3)c3ccccc3-c3ccccc32)cc1. The van der Waals surface area contributed by atoms with Gasteiger partial charge in [-0.25, -0.2) is 0 Å². The average Bonchev–Trinajstić information content (AvgIpc) is 3.11. The third kappa shape index (κ3) is 2.48. The Morgan fingerprint density at radius 3 is 1.48 bits per heavy atom. The van der Waals surface area contributed by atoms with Crippen molar-refractivity contribution in [3.8, 4) is 22.6 Å². The maximum absolute atomic E-state index is 5.41. The molecule has 142 valence electrons. The summed E-state index contributed by atoms with van der Waals surface area (Å²) in [6.45, 7) is 0.